The summed E-state index contributed by atoms with van der Waals surface area (Å²) in [6.45, 7) is -0.173. The van der Waals surface area contributed by atoms with E-state index in [9.17, 15) is 9.18 Å². The molecule has 0 radical (unpaired) electrons. The normalized spacial score (nSPS) is 11.5. The molecule has 0 saturated carbocycles. The van der Waals surface area contributed by atoms with Crippen LogP contribution in [-0.4, -0.2) is 29.3 Å². The van der Waals surface area contributed by atoms with Crippen LogP contribution in [0.3, 0.4) is 0 Å². The fourth-order valence-electron chi connectivity index (χ4n) is 2.20. The van der Waals surface area contributed by atoms with Crippen molar-refractivity contribution in [2.75, 3.05) is 13.2 Å². The Hall–Kier alpha value is -2.64. The third kappa shape index (κ3) is 4.50. The molecule has 3 aromatic rings. The predicted molar refractivity (Wildman–Crippen MR) is 101 cm³/mol. The molecule has 1 amide bonds. The lowest BCUT2D eigenvalue weighted by molar-refractivity contribution is 0.195. The molecule has 1 aromatic heterocycles. The zero-order chi connectivity index (χ0) is 18.5. The Bertz CT molecular complexity index is 957. The van der Waals surface area contributed by atoms with Gasteiger partial charge in [-0.05, 0) is 42.5 Å². The van der Waals surface area contributed by atoms with E-state index < -0.39 is 6.09 Å². The number of ether oxygens (including phenoxy) is 1. The summed E-state index contributed by atoms with van der Waals surface area (Å²) in [4.78, 5) is 15.0. The molecule has 0 unspecified atom stereocenters. The topological polar surface area (TPSA) is 71.5 Å². The van der Waals surface area contributed by atoms with Crippen LogP contribution in [-0.2, 0) is 0 Å². The molecule has 0 aliphatic rings. The number of rotatable bonds is 6. The van der Waals surface area contributed by atoms with Crippen LogP contribution in [0, 0.1) is 0 Å². The highest BCUT2D eigenvalue weighted by atomic mass is 35.5. The summed E-state index contributed by atoms with van der Waals surface area (Å²) in [5.74, 6) is 0.549. The van der Waals surface area contributed by atoms with E-state index in [1.54, 1.807) is 29.5 Å². The Morgan fingerprint density at radius 2 is 2.08 bits per heavy atom. The number of amides is 1. The smallest absolute Gasteiger partial charge is 0.404 e. The molecule has 5 nitrogen and oxygen atoms in total. The Kier molecular flexibility index (Phi) is 5.70. The number of hydrogen-bond donors (Lipinski definition) is 2. The minimum atomic E-state index is -1.22. The van der Waals surface area contributed by atoms with Crippen molar-refractivity contribution in [3.63, 3.8) is 0 Å². The van der Waals surface area contributed by atoms with Crippen molar-refractivity contribution in [2.24, 2.45) is 0 Å². The predicted octanol–water partition coefficient (Wildman–Crippen LogP) is 5.12. The molecule has 0 spiro atoms. The molecule has 2 aromatic carbocycles. The first-order valence-electron chi connectivity index (χ1n) is 7.59. The van der Waals surface area contributed by atoms with Crippen molar-refractivity contribution in [1.29, 1.82) is 0 Å². The number of fused-ring (bicyclic) bond motifs is 1. The third-order valence-corrected chi connectivity index (χ3v) is 4.80. The molecule has 0 atom stereocenters. The van der Waals surface area contributed by atoms with Crippen LogP contribution >= 0.6 is 22.9 Å². The van der Waals surface area contributed by atoms with Gasteiger partial charge in [0.2, 0.25) is 0 Å². The first-order chi connectivity index (χ1) is 12.5. The molecule has 2 N–H and O–H groups in total. The fourth-order valence-corrected chi connectivity index (χ4v) is 3.45. The van der Waals surface area contributed by atoms with Gasteiger partial charge in [-0.1, -0.05) is 11.6 Å². The molecule has 134 valence electrons. The van der Waals surface area contributed by atoms with Gasteiger partial charge in [0, 0.05) is 22.7 Å². The highest BCUT2D eigenvalue weighted by molar-refractivity contribution is 7.21. The van der Waals surface area contributed by atoms with E-state index in [1.165, 1.54) is 0 Å². The minimum Gasteiger partial charge on any atom is -0.489 e. The van der Waals surface area contributed by atoms with E-state index in [1.807, 2.05) is 24.3 Å². The summed E-state index contributed by atoms with van der Waals surface area (Å²) in [7, 11) is 0. The van der Waals surface area contributed by atoms with Gasteiger partial charge in [-0.2, -0.15) is 0 Å². The first-order valence-corrected chi connectivity index (χ1v) is 8.79. The van der Waals surface area contributed by atoms with E-state index >= 15 is 0 Å². The molecular weight excluding hydrogens is 379 g/mol. The molecule has 0 aliphatic heterocycles. The van der Waals surface area contributed by atoms with Crippen LogP contribution in [0.5, 0.6) is 5.75 Å². The molecule has 0 saturated heterocycles. The number of benzene rings is 2. The lowest BCUT2D eigenvalue weighted by atomic mass is 10.2. The van der Waals surface area contributed by atoms with Gasteiger partial charge in [0.05, 0.1) is 16.5 Å². The lowest BCUT2D eigenvalue weighted by Gasteiger charge is -2.09. The van der Waals surface area contributed by atoms with Gasteiger partial charge in [0.25, 0.3) is 0 Å². The van der Waals surface area contributed by atoms with Crippen molar-refractivity contribution in [3.05, 3.63) is 59.4 Å². The number of halogens is 2. The Morgan fingerprint density at radius 3 is 2.77 bits per heavy atom. The summed E-state index contributed by atoms with van der Waals surface area (Å²) >= 11 is 7.54. The molecule has 0 aliphatic carbocycles. The van der Waals surface area contributed by atoms with E-state index in [-0.39, 0.29) is 18.7 Å². The summed E-state index contributed by atoms with van der Waals surface area (Å²) in [5, 5.41) is 12.2. The Balaban J connectivity index is 1.66. The highest BCUT2D eigenvalue weighted by Gasteiger charge is 2.08. The summed E-state index contributed by atoms with van der Waals surface area (Å²) in [6.07, 6.45) is -0.873. The first kappa shape index (κ1) is 18.2. The van der Waals surface area contributed by atoms with Crippen molar-refractivity contribution in [1.82, 2.24) is 10.3 Å². The molecule has 26 heavy (non-hydrogen) atoms. The summed E-state index contributed by atoms with van der Waals surface area (Å²) in [5.41, 5.74) is 2.02. The van der Waals surface area contributed by atoms with Crippen LogP contribution in [0.25, 0.3) is 20.8 Å². The monoisotopic (exact) mass is 392 g/mol. The van der Waals surface area contributed by atoms with E-state index in [0.717, 1.165) is 20.8 Å². The number of nitrogens with one attached hydrogen (secondary N) is 1. The summed E-state index contributed by atoms with van der Waals surface area (Å²) in [6, 6.07) is 12.8. The Morgan fingerprint density at radius 1 is 1.31 bits per heavy atom. The average Bonchev–Trinajstić information content (AvgIpc) is 3.05. The van der Waals surface area contributed by atoms with Crippen molar-refractivity contribution < 1.29 is 19.0 Å². The molecule has 0 bridgehead atoms. The second kappa shape index (κ2) is 8.16. The number of carbonyl (C=O) groups is 1. The van der Waals surface area contributed by atoms with Gasteiger partial charge < -0.3 is 15.2 Å². The molecular formula is C18H14ClFN2O3S. The van der Waals surface area contributed by atoms with Gasteiger partial charge in [0.1, 0.15) is 17.4 Å². The molecule has 1 heterocycles. The van der Waals surface area contributed by atoms with Gasteiger partial charge in [0.15, 0.2) is 0 Å². The quantitative estimate of drug-likeness (QED) is 0.611. The van der Waals surface area contributed by atoms with Crippen molar-refractivity contribution in [2.45, 2.75) is 0 Å². The maximum absolute atomic E-state index is 12.7. The van der Waals surface area contributed by atoms with Gasteiger partial charge in [-0.25, -0.2) is 14.2 Å². The van der Waals surface area contributed by atoms with E-state index in [4.69, 9.17) is 21.4 Å². The van der Waals surface area contributed by atoms with E-state index in [2.05, 4.69) is 10.3 Å². The standard InChI is InChI=1S/C18H14ClFN2O3S/c19-13-3-6-15-16(7-13)26-17(22-15)12-1-4-14(5-2-12)25-10-11(8-20)9-21-18(23)24/h1-8,21H,9-10H2,(H,23,24)/b11-8+. The third-order valence-electron chi connectivity index (χ3n) is 3.50. The van der Waals surface area contributed by atoms with Crippen LogP contribution in [0.2, 0.25) is 5.02 Å². The number of thiazole rings is 1. The molecule has 0 fully saturated rings. The number of hydrogen-bond acceptors (Lipinski definition) is 4. The second-order valence-corrected chi connectivity index (χ2v) is 6.84. The SMILES string of the molecule is O=C(O)NC/C(=C\F)COc1ccc(-c2nc3ccc(Cl)cc3s2)cc1. The summed E-state index contributed by atoms with van der Waals surface area (Å²) < 4.78 is 19.2. The van der Waals surface area contributed by atoms with Crippen LogP contribution < -0.4 is 10.1 Å². The van der Waals surface area contributed by atoms with Crippen LogP contribution in [0.4, 0.5) is 9.18 Å². The lowest BCUT2D eigenvalue weighted by Crippen LogP contribution is -2.25. The zero-order valence-electron chi connectivity index (χ0n) is 13.4. The average molecular weight is 393 g/mol. The number of aromatic nitrogens is 1. The number of carboxylic acid groups (broad SMARTS) is 1. The molecule has 8 heteroatoms. The maximum atomic E-state index is 12.7. The second-order valence-electron chi connectivity index (χ2n) is 5.37. The van der Waals surface area contributed by atoms with Gasteiger partial charge in [-0.3, -0.25) is 0 Å². The fraction of sp³-hybridized carbons (Fsp3) is 0.111. The number of nitrogens with zero attached hydrogens (tertiary/aromatic N) is 1. The van der Waals surface area contributed by atoms with Gasteiger partial charge >= 0.3 is 6.09 Å². The van der Waals surface area contributed by atoms with Crippen molar-refractivity contribution in [3.8, 4) is 16.3 Å². The zero-order valence-corrected chi connectivity index (χ0v) is 15.0. The van der Waals surface area contributed by atoms with Crippen molar-refractivity contribution >= 4 is 39.2 Å². The van der Waals surface area contributed by atoms with Crippen LogP contribution in [0.1, 0.15) is 0 Å². The maximum Gasteiger partial charge on any atom is 0.404 e. The Labute approximate surface area is 157 Å². The molecule has 3 rings (SSSR count). The largest absolute Gasteiger partial charge is 0.489 e. The minimum absolute atomic E-state index is 0.0459. The van der Waals surface area contributed by atoms with Gasteiger partial charge in [-0.15, -0.1) is 11.3 Å². The van der Waals surface area contributed by atoms with E-state index in [0.29, 0.717) is 17.1 Å². The highest BCUT2D eigenvalue weighted by Crippen LogP contribution is 2.32. The van der Waals surface area contributed by atoms with Crippen LogP contribution in [0.15, 0.2) is 54.4 Å².